The van der Waals surface area contributed by atoms with E-state index in [4.69, 9.17) is 10.5 Å². The maximum Gasteiger partial charge on any atom is 0.333 e. The van der Waals surface area contributed by atoms with Crippen molar-refractivity contribution in [3.05, 3.63) is 69.2 Å². The molecule has 0 unspecified atom stereocenters. The van der Waals surface area contributed by atoms with Gasteiger partial charge in [0.2, 0.25) is 0 Å². The highest BCUT2D eigenvalue weighted by Gasteiger charge is 2.12. The predicted octanol–water partition coefficient (Wildman–Crippen LogP) is 6.06. The number of carbonyl (C=O) groups is 2. The van der Waals surface area contributed by atoms with Crippen molar-refractivity contribution < 1.29 is 14.3 Å². The van der Waals surface area contributed by atoms with E-state index < -0.39 is 0 Å². The molecule has 1 fully saturated rings. The Balaban J connectivity index is 0.000000405. The Morgan fingerprint density at radius 1 is 1.21 bits per heavy atom. The summed E-state index contributed by atoms with van der Waals surface area (Å²) in [6, 6.07) is 10.0. The van der Waals surface area contributed by atoms with Gasteiger partial charge in [0.15, 0.2) is 0 Å². The van der Waals surface area contributed by atoms with Gasteiger partial charge >= 0.3 is 5.97 Å². The second-order valence-electron chi connectivity index (χ2n) is 8.38. The molecule has 1 aromatic carbocycles. The number of nitrogens with zero attached hydrogens (tertiary/aromatic N) is 1. The van der Waals surface area contributed by atoms with Crippen molar-refractivity contribution in [1.29, 1.82) is 0 Å². The van der Waals surface area contributed by atoms with E-state index in [1.54, 1.807) is 31.3 Å². The van der Waals surface area contributed by atoms with Gasteiger partial charge in [0.05, 0.1) is 18.3 Å². The Bertz CT molecular complexity index is 928. The highest BCUT2D eigenvalue weighted by atomic mass is 32.1. The van der Waals surface area contributed by atoms with Crippen LogP contribution in [-0.2, 0) is 20.7 Å². The molecule has 6 heteroatoms. The third-order valence-corrected chi connectivity index (χ3v) is 6.41. The van der Waals surface area contributed by atoms with Crippen LogP contribution in [0.15, 0.2) is 52.9 Å². The molecule has 1 heterocycles. The van der Waals surface area contributed by atoms with Crippen LogP contribution in [0, 0.1) is 5.92 Å². The van der Waals surface area contributed by atoms with E-state index in [9.17, 15) is 9.59 Å². The number of thiazole rings is 1. The molecule has 0 saturated heterocycles. The molecule has 1 atom stereocenters. The van der Waals surface area contributed by atoms with E-state index in [1.807, 2.05) is 36.6 Å². The summed E-state index contributed by atoms with van der Waals surface area (Å²) in [5.41, 5.74) is 9.85. The molecule has 33 heavy (non-hydrogen) atoms. The van der Waals surface area contributed by atoms with Gasteiger partial charge < -0.3 is 15.3 Å². The number of benzene rings is 1. The summed E-state index contributed by atoms with van der Waals surface area (Å²) in [6.45, 7) is 5.86. The lowest BCUT2D eigenvalue weighted by Crippen LogP contribution is -2.13. The van der Waals surface area contributed by atoms with E-state index in [0.717, 1.165) is 41.8 Å². The largest absolute Gasteiger partial charge is 0.463 e. The van der Waals surface area contributed by atoms with Gasteiger partial charge in [-0.25, -0.2) is 9.78 Å². The van der Waals surface area contributed by atoms with Crippen molar-refractivity contribution in [1.82, 2.24) is 4.98 Å². The molecular weight excluding hydrogens is 432 g/mol. The molecule has 2 N–H and O–H groups in total. The minimum atomic E-state index is -0.292. The first kappa shape index (κ1) is 26.7. The minimum Gasteiger partial charge on any atom is -0.463 e. The van der Waals surface area contributed by atoms with E-state index in [1.165, 1.54) is 24.8 Å². The van der Waals surface area contributed by atoms with Crippen LogP contribution in [0.25, 0.3) is 6.08 Å². The second kappa shape index (κ2) is 14.6. The average Bonchev–Trinajstić information content (AvgIpc) is 3.29. The van der Waals surface area contributed by atoms with Gasteiger partial charge in [-0.05, 0) is 63.3 Å². The lowest BCUT2D eigenvalue weighted by molar-refractivity contribution is -0.138. The first-order valence-corrected chi connectivity index (χ1v) is 12.5. The maximum absolute atomic E-state index is 11.7. The SMILES string of the molecule is CCOC(=O)/C(C)=C\C(C)=C\c1csc([C@@H](N)Cc2ccccc2)n1.O=CC1CCCCC1. The number of hydrogen-bond acceptors (Lipinski definition) is 6. The average molecular weight is 469 g/mol. The Morgan fingerprint density at radius 2 is 1.91 bits per heavy atom. The molecule has 1 saturated carbocycles. The van der Waals surface area contributed by atoms with Crippen molar-refractivity contribution in [2.45, 2.75) is 65.3 Å². The molecule has 1 aliphatic rings. The molecule has 0 spiro atoms. The van der Waals surface area contributed by atoms with Crippen molar-refractivity contribution >= 4 is 29.7 Å². The molecule has 3 rings (SSSR count). The van der Waals surface area contributed by atoms with Crippen LogP contribution in [0.5, 0.6) is 0 Å². The number of nitrogens with two attached hydrogens (primary N) is 1. The quantitative estimate of drug-likeness (QED) is 0.220. The molecule has 0 aliphatic heterocycles. The molecule has 178 valence electrons. The van der Waals surface area contributed by atoms with Crippen LogP contribution in [0.2, 0.25) is 0 Å². The van der Waals surface area contributed by atoms with E-state index in [0.29, 0.717) is 18.1 Å². The molecule has 0 radical (unpaired) electrons. The fourth-order valence-electron chi connectivity index (χ4n) is 3.68. The van der Waals surface area contributed by atoms with Crippen LogP contribution < -0.4 is 5.73 Å². The molecular formula is C27H36N2O3S. The first-order valence-electron chi connectivity index (χ1n) is 11.7. The van der Waals surface area contributed by atoms with Crippen LogP contribution >= 0.6 is 11.3 Å². The molecule has 5 nitrogen and oxygen atoms in total. The predicted molar refractivity (Wildman–Crippen MR) is 136 cm³/mol. The van der Waals surface area contributed by atoms with Gasteiger partial charge in [-0.3, -0.25) is 0 Å². The second-order valence-corrected chi connectivity index (χ2v) is 9.27. The van der Waals surface area contributed by atoms with E-state index >= 15 is 0 Å². The zero-order valence-electron chi connectivity index (χ0n) is 20.0. The van der Waals surface area contributed by atoms with Crippen LogP contribution in [-0.4, -0.2) is 23.8 Å². The fraction of sp³-hybridized carbons (Fsp3) is 0.444. The summed E-state index contributed by atoms with van der Waals surface area (Å²) in [4.78, 5) is 26.4. The maximum atomic E-state index is 11.7. The van der Waals surface area contributed by atoms with Gasteiger partial charge in [0, 0.05) is 16.9 Å². The van der Waals surface area contributed by atoms with Gasteiger partial charge in [-0.15, -0.1) is 11.3 Å². The summed E-state index contributed by atoms with van der Waals surface area (Å²) in [5, 5.41) is 2.89. The first-order chi connectivity index (χ1) is 15.9. The number of aromatic nitrogens is 1. The Labute approximate surface area is 201 Å². The van der Waals surface area contributed by atoms with Crippen molar-refractivity contribution in [2.24, 2.45) is 11.7 Å². The van der Waals surface area contributed by atoms with Crippen molar-refractivity contribution in [3.8, 4) is 0 Å². The van der Waals surface area contributed by atoms with Crippen LogP contribution in [0.1, 0.15) is 75.2 Å². The van der Waals surface area contributed by atoms with Gasteiger partial charge in [0.1, 0.15) is 11.3 Å². The highest BCUT2D eigenvalue weighted by Crippen LogP contribution is 2.22. The number of rotatable bonds is 8. The molecule has 0 amide bonds. The van der Waals surface area contributed by atoms with Crippen LogP contribution in [0.4, 0.5) is 0 Å². The summed E-state index contributed by atoms with van der Waals surface area (Å²) < 4.78 is 4.98. The zero-order valence-corrected chi connectivity index (χ0v) is 20.8. The molecule has 2 aromatic rings. The Kier molecular flexibility index (Phi) is 11.8. The lowest BCUT2D eigenvalue weighted by atomic mass is 9.91. The molecule has 0 bridgehead atoms. The summed E-state index contributed by atoms with van der Waals surface area (Å²) in [5.74, 6) is 0.114. The molecule has 1 aliphatic carbocycles. The Hall–Kier alpha value is -2.57. The molecule has 1 aromatic heterocycles. The standard InChI is InChI=1S/C20H24N2O2S.C7H12O/c1-4-24-20(23)15(3)10-14(2)11-17-13-25-19(22-17)18(21)12-16-8-6-5-7-9-16;8-6-7-4-2-1-3-5-7/h5-11,13,18H,4,12,21H2,1-3H3;6-7H,1-5H2/b14-11+,15-10-;/t18-;/m0./s1. The summed E-state index contributed by atoms with van der Waals surface area (Å²) in [6.07, 6.45) is 11.8. The van der Waals surface area contributed by atoms with Crippen LogP contribution in [0.3, 0.4) is 0 Å². The van der Waals surface area contributed by atoms with Crippen molar-refractivity contribution in [3.63, 3.8) is 0 Å². The monoisotopic (exact) mass is 468 g/mol. The highest BCUT2D eigenvalue weighted by molar-refractivity contribution is 7.09. The Morgan fingerprint density at radius 3 is 2.52 bits per heavy atom. The lowest BCUT2D eigenvalue weighted by Gasteiger charge is -2.14. The number of allylic oxidation sites excluding steroid dienone is 2. The number of aldehydes is 1. The minimum absolute atomic E-state index is 0.119. The van der Waals surface area contributed by atoms with E-state index in [2.05, 4.69) is 17.1 Å². The summed E-state index contributed by atoms with van der Waals surface area (Å²) in [7, 11) is 0. The third kappa shape index (κ3) is 9.84. The van der Waals surface area contributed by atoms with Gasteiger partial charge in [-0.1, -0.05) is 49.6 Å². The number of carbonyl (C=O) groups excluding carboxylic acids is 2. The normalized spacial score (nSPS) is 15.9. The third-order valence-electron chi connectivity index (χ3n) is 5.41. The number of esters is 1. The zero-order chi connectivity index (χ0) is 24.1. The van der Waals surface area contributed by atoms with Gasteiger partial charge in [0.25, 0.3) is 0 Å². The number of ether oxygens (including phenoxy) is 1. The van der Waals surface area contributed by atoms with Gasteiger partial charge in [-0.2, -0.15) is 0 Å². The summed E-state index contributed by atoms with van der Waals surface area (Å²) >= 11 is 1.56. The fourth-order valence-corrected chi connectivity index (χ4v) is 4.46. The van der Waals surface area contributed by atoms with E-state index in [-0.39, 0.29) is 12.0 Å². The van der Waals surface area contributed by atoms with Crippen molar-refractivity contribution in [2.75, 3.05) is 6.61 Å². The number of hydrogen-bond donors (Lipinski definition) is 1. The topological polar surface area (TPSA) is 82.3 Å². The smallest absolute Gasteiger partial charge is 0.333 e.